The number of fused-ring (bicyclic) bond motifs is 2. The zero-order valence-corrected chi connectivity index (χ0v) is 28.8. The standard InChI is InChI=1S/C38H52O8/c1-21(2)11-12-25(23(5)6)19-37-20-26(18-29(41)36(9,10)46)35(7,8)38(34(37)45,16-15-22(3)4)33(44)30(32(37)43)31(42)24-13-14-27(39)28(40)17-24/h11,13-15,17,25-26,29,39-42,46H,5,12,16,18-20H2,1-4,6-10H3/b31-30+/t25-,26-,29?,37-,38+/m1/s1. The fourth-order valence-corrected chi connectivity index (χ4v) is 7.26. The normalized spacial score (nSPS) is 26.7. The van der Waals surface area contributed by atoms with E-state index in [9.17, 15) is 35.1 Å². The van der Waals surface area contributed by atoms with Crippen LogP contribution in [-0.2, 0) is 14.4 Å². The summed E-state index contributed by atoms with van der Waals surface area (Å²) in [5, 5.41) is 53.6. The number of aromatic hydroxyl groups is 2. The quantitative estimate of drug-likeness (QED) is 0.0438. The Hall–Kier alpha value is -3.49. The van der Waals surface area contributed by atoms with Gasteiger partial charge in [0, 0.05) is 5.56 Å². The van der Waals surface area contributed by atoms with Crippen molar-refractivity contribution in [1.29, 1.82) is 0 Å². The van der Waals surface area contributed by atoms with E-state index < -0.39 is 74.0 Å². The third-order valence-electron chi connectivity index (χ3n) is 10.5. The molecule has 3 rings (SSSR count). The molecule has 0 spiro atoms. The Balaban J connectivity index is 2.47. The summed E-state index contributed by atoms with van der Waals surface area (Å²) in [6.45, 7) is 20.2. The summed E-state index contributed by atoms with van der Waals surface area (Å²) in [4.78, 5) is 45.1. The van der Waals surface area contributed by atoms with E-state index in [0.29, 0.717) is 6.42 Å². The number of carbonyl (C=O) groups excluding carboxylic acids is 3. The van der Waals surface area contributed by atoms with Crippen molar-refractivity contribution in [3.8, 4) is 11.5 Å². The highest BCUT2D eigenvalue weighted by Gasteiger charge is 2.74. The molecule has 0 amide bonds. The largest absolute Gasteiger partial charge is 0.506 e. The van der Waals surface area contributed by atoms with E-state index in [0.717, 1.165) is 28.9 Å². The lowest BCUT2D eigenvalue weighted by Crippen LogP contribution is -2.70. The zero-order chi connectivity index (χ0) is 35.2. The van der Waals surface area contributed by atoms with Gasteiger partial charge in [0.2, 0.25) is 0 Å². The van der Waals surface area contributed by atoms with Crippen molar-refractivity contribution in [3.63, 3.8) is 0 Å². The predicted molar refractivity (Wildman–Crippen MR) is 179 cm³/mol. The Kier molecular flexibility index (Phi) is 10.4. The maximum atomic E-state index is 15.2. The molecule has 0 radical (unpaired) electrons. The Morgan fingerprint density at radius 3 is 2.09 bits per heavy atom. The van der Waals surface area contributed by atoms with Crippen molar-refractivity contribution in [2.24, 2.45) is 28.1 Å². The van der Waals surface area contributed by atoms with Gasteiger partial charge in [-0.25, -0.2) is 0 Å². The second-order valence-electron chi connectivity index (χ2n) is 15.2. The van der Waals surface area contributed by atoms with E-state index in [-0.39, 0.29) is 37.2 Å². The molecule has 1 aromatic rings. The average molecular weight is 637 g/mol. The van der Waals surface area contributed by atoms with Gasteiger partial charge in [0.15, 0.2) is 28.8 Å². The van der Waals surface area contributed by atoms with Crippen LogP contribution in [0, 0.1) is 28.1 Å². The van der Waals surface area contributed by atoms with Gasteiger partial charge in [-0.05, 0) is 116 Å². The predicted octanol–water partition coefficient (Wildman–Crippen LogP) is 6.92. The molecule has 5 N–H and O–H groups in total. The summed E-state index contributed by atoms with van der Waals surface area (Å²) in [6.07, 6.45) is 3.14. The molecule has 2 aliphatic rings. The van der Waals surface area contributed by atoms with Gasteiger partial charge in [-0.15, -0.1) is 0 Å². The van der Waals surface area contributed by atoms with Crippen molar-refractivity contribution in [2.45, 2.75) is 106 Å². The first-order valence-electron chi connectivity index (χ1n) is 16.0. The number of carbonyl (C=O) groups is 3. The van der Waals surface area contributed by atoms with Gasteiger partial charge in [0.25, 0.3) is 0 Å². The van der Waals surface area contributed by atoms with Gasteiger partial charge in [0.05, 0.1) is 17.1 Å². The number of rotatable bonds is 11. The average Bonchev–Trinajstić information content (AvgIpc) is 2.93. The monoisotopic (exact) mass is 636 g/mol. The van der Waals surface area contributed by atoms with Gasteiger partial charge in [0.1, 0.15) is 16.7 Å². The summed E-state index contributed by atoms with van der Waals surface area (Å²) in [5.74, 6) is -4.66. The van der Waals surface area contributed by atoms with Crippen LogP contribution in [0.1, 0.15) is 100.0 Å². The molecule has 1 unspecified atom stereocenters. The van der Waals surface area contributed by atoms with Crippen LogP contribution in [0.3, 0.4) is 0 Å². The van der Waals surface area contributed by atoms with Gasteiger partial charge < -0.3 is 25.5 Å². The highest BCUT2D eigenvalue weighted by atomic mass is 16.3. The Labute approximate surface area is 273 Å². The minimum atomic E-state index is -1.81. The second-order valence-corrected chi connectivity index (χ2v) is 15.2. The van der Waals surface area contributed by atoms with E-state index >= 15 is 4.79 Å². The lowest BCUT2D eigenvalue weighted by molar-refractivity contribution is -0.180. The van der Waals surface area contributed by atoms with E-state index in [4.69, 9.17) is 0 Å². The molecule has 1 aromatic carbocycles. The van der Waals surface area contributed by atoms with Crippen molar-refractivity contribution in [3.05, 3.63) is 64.8 Å². The Morgan fingerprint density at radius 1 is 1.00 bits per heavy atom. The third-order valence-corrected chi connectivity index (χ3v) is 10.5. The van der Waals surface area contributed by atoms with E-state index in [1.807, 2.05) is 40.7 Å². The molecule has 252 valence electrons. The van der Waals surface area contributed by atoms with Crippen LogP contribution in [0.5, 0.6) is 11.5 Å². The minimum Gasteiger partial charge on any atom is -0.506 e. The third kappa shape index (κ3) is 6.39. The van der Waals surface area contributed by atoms with Gasteiger partial charge in [-0.1, -0.05) is 49.3 Å². The molecule has 0 heterocycles. The highest BCUT2D eigenvalue weighted by molar-refractivity contribution is 6.41. The molecule has 8 heteroatoms. The van der Waals surface area contributed by atoms with Crippen molar-refractivity contribution in [2.75, 3.05) is 0 Å². The molecule has 2 fully saturated rings. The molecule has 2 aliphatic carbocycles. The maximum Gasteiger partial charge on any atom is 0.184 e. The molecule has 2 bridgehead atoms. The lowest BCUT2D eigenvalue weighted by Gasteiger charge is -2.61. The van der Waals surface area contributed by atoms with Crippen LogP contribution < -0.4 is 0 Å². The number of benzene rings is 1. The zero-order valence-electron chi connectivity index (χ0n) is 28.8. The number of hydrogen-bond acceptors (Lipinski definition) is 8. The molecular formula is C38H52O8. The smallest absolute Gasteiger partial charge is 0.184 e. The summed E-state index contributed by atoms with van der Waals surface area (Å²) in [5.41, 5.74) is -4.07. The van der Waals surface area contributed by atoms with Crippen LogP contribution in [-0.4, -0.2) is 54.6 Å². The Bertz CT molecular complexity index is 1510. The SMILES string of the molecule is C=C(C)[C@H](CC=C(C)C)C[C@@]12C[C@@H](CC(O)C(C)(C)O)C(C)(C)[C@@](CC=C(C)C)(C(=O)/C(=C(/O)c3ccc(O)c(O)c3)C1=O)C2=O. The molecule has 8 nitrogen and oxygen atoms in total. The van der Waals surface area contributed by atoms with Crippen molar-refractivity contribution >= 4 is 23.1 Å². The number of aliphatic hydroxyl groups is 3. The number of ketones is 3. The van der Waals surface area contributed by atoms with Crippen LogP contribution in [0.4, 0.5) is 0 Å². The molecule has 0 saturated heterocycles. The fourth-order valence-electron chi connectivity index (χ4n) is 7.26. The number of allylic oxidation sites excluding steroid dienone is 6. The second kappa shape index (κ2) is 13.0. The van der Waals surface area contributed by atoms with E-state index in [1.54, 1.807) is 19.9 Å². The number of aliphatic hydroxyl groups excluding tert-OH is 2. The van der Waals surface area contributed by atoms with E-state index in [2.05, 4.69) is 6.58 Å². The van der Waals surface area contributed by atoms with Crippen LogP contribution >= 0.6 is 0 Å². The maximum absolute atomic E-state index is 15.2. The molecule has 2 saturated carbocycles. The minimum absolute atomic E-state index is 0.00906. The first-order valence-corrected chi connectivity index (χ1v) is 16.0. The summed E-state index contributed by atoms with van der Waals surface area (Å²) in [6, 6.07) is 3.51. The fraction of sp³-hybridized carbons (Fsp3) is 0.553. The summed E-state index contributed by atoms with van der Waals surface area (Å²) >= 11 is 0. The molecule has 46 heavy (non-hydrogen) atoms. The lowest BCUT2D eigenvalue weighted by atomic mass is 9.38. The summed E-state index contributed by atoms with van der Waals surface area (Å²) < 4.78 is 0. The van der Waals surface area contributed by atoms with Crippen LogP contribution in [0.25, 0.3) is 5.76 Å². The molecule has 0 aromatic heterocycles. The van der Waals surface area contributed by atoms with Gasteiger partial charge >= 0.3 is 0 Å². The van der Waals surface area contributed by atoms with Gasteiger partial charge in [-0.2, -0.15) is 0 Å². The number of phenolic OH excluding ortho intramolecular Hbond substituents is 2. The van der Waals surface area contributed by atoms with E-state index in [1.165, 1.54) is 19.9 Å². The highest BCUT2D eigenvalue weighted by Crippen LogP contribution is 2.66. The van der Waals surface area contributed by atoms with Crippen LogP contribution in [0.2, 0.25) is 0 Å². The van der Waals surface area contributed by atoms with Crippen LogP contribution in [0.15, 0.2) is 59.2 Å². The molecule has 0 aliphatic heterocycles. The number of Topliss-reactive ketones (excluding diaryl/α,β-unsaturated/α-hetero) is 3. The Morgan fingerprint density at radius 2 is 1.59 bits per heavy atom. The number of hydrogen-bond donors (Lipinski definition) is 5. The molecule has 5 atom stereocenters. The number of phenols is 2. The van der Waals surface area contributed by atoms with Gasteiger partial charge in [-0.3, -0.25) is 14.4 Å². The topological polar surface area (TPSA) is 152 Å². The first kappa shape index (κ1) is 37.0. The van der Waals surface area contributed by atoms with Crippen molar-refractivity contribution in [1.82, 2.24) is 0 Å². The van der Waals surface area contributed by atoms with Crippen molar-refractivity contribution < 1.29 is 39.9 Å². The molecular weight excluding hydrogens is 584 g/mol. The summed E-state index contributed by atoms with van der Waals surface area (Å²) in [7, 11) is 0. The first-order chi connectivity index (χ1) is 21.0.